The molecule has 1 aromatic rings. The molecule has 3 rings (SSSR count). The number of halogens is 1. The monoisotopic (exact) mass is 465 g/mol. The van der Waals surface area contributed by atoms with E-state index in [0.717, 1.165) is 29.7 Å². The van der Waals surface area contributed by atoms with Crippen molar-refractivity contribution in [3.63, 3.8) is 0 Å². The van der Waals surface area contributed by atoms with E-state index in [-0.39, 0.29) is 23.6 Å². The molecule has 6 nitrogen and oxygen atoms in total. The predicted molar refractivity (Wildman–Crippen MR) is 124 cm³/mol. The maximum absolute atomic E-state index is 13.1. The minimum atomic E-state index is -0.536. The first-order chi connectivity index (χ1) is 14.9. The van der Waals surface area contributed by atoms with Crippen molar-refractivity contribution in [1.29, 1.82) is 0 Å². The summed E-state index contributed by atoms with van der Waals surface area (Å²) in [6.45, 7) is 12.9. The lowest BCUT2D eigenvalue weighted by molar-refractivity contribution is -0.146. The summed E-state index contributed by atoms with van der Waals surface area (Å²) in [5, 5.41) is 0.569. The number of rotatable bonds is 4. The largest absolute Gasteiger partial charge is 0.488 e. The molecule has 1 fully saturated rings. The fraction of sp³-hybridized carbons (Fsp3) is 0.680. The highest BCUT2D eigenvalue weighted by atomic mass is 35.5. The quantitative estimate of drug-likeness (QED) is 0.530. The first-order valence-electron chi connectivity index (χ1n) is 11.6. The minimum Gasteiger partial charge on any atom is -0.488 e. The van der Waals surface area contributed by atoms with Crippen molar-refractivity contribution in [3.05, 3.63) is 28.3 Å². The molecule has 1 aromatic carbocycles. The molecule has 1 atom stereocenters. The molecular formula is C25H36ClNO5. The van der Waals surface area contributed by atoms with Crippen LogP contribution in [0.2, 0.25) is 5.02 Å². The van der Waals surface area contributed by atoms with Crippen molar-refractivity contribution in [2.24, 2.45) is 5.92 Å². The second kappa shape index (κ2) is 9.50. The highest BCUT2D eigenvalue weighted by Gasteiger charge is 2.38. The van der Waals surface area contributed by atoms with Gasteiger partial charge in [-0.25, -0.2) is 4.79 Å². The molecule has 0 bridgehead atoms. The van der Waals surface area contributed by atoms with Crippen LogP contribution in [-0.4, -0.2) is 47.9 Å². The maximum atomic E-state index is 13.1. The van der Waals surface area contributed by atoms with Crippen LogP contribution >= 0.6 is 11.6 Å². The van der Waals surface area contributed by atoms with Crippen molar-refractivity contribution in [2.75, 3.05) is 19.7 Å². The summed E-state index contributed by atoms with van der Waals surface area (Å²) in [4.78, 5) is 27.2. The number of piperidine rings is 1. The van der Waals surface area contributed by atoms with Gasteiger partial charge in [-0.1, -0.05) is 11.6 Å². The second-order valence-corrected chi connectivity index (χ2v) is 10.8. The van der Waals surface area contributed by atoms with E-state index in [9.17, 15) is 9.59 Å². The Bertz CT molecular complexity index is 853. The van der Waals surface area contributed by atoms with E-state index < -0.39 is 11.5 Å². The van der Waals surface area contributed by atoms with Gasteiger partial charge in [0.25, 0.3) is 0 Å². The molecule has 0 aromatic heterocycles. The predicted octanol–water partition coefficient (Wildman–Crippen LogP) is 5.74. The zero-order chi connectivity index (χ0) is 23.7. The van der Waals surface area contributed by atoms with Crippen LogP contribution in [0.25, 0.3) is 0 Å². The summed E-state index contributed by atoms with van der Waals surface area (Å²) >= 11 is 6.69. The second-order valence-electron chi connectivity index (χ2n) is 10.4. The van der Waals surface area contributed by atoms with Gasteiger partial charge < -0.3 is 19.1 Å². The molecule has 0 saturated carbocycles. The van der Waals surface area contributed by atoms with E-state index in [1.165, 1.54) is 0 Å². The lowest BCUT2D eigenvalue weighted by Crippen LogP contribution is -2.43. The highest BCUT2D eigenvalue weighted by Crippen LogP contribution is 2.43. The Labute approximate surface area is 196 Å². The first-order valence-corrected chi connectivity index (χ1v) is 11.9. The van der Waals surface area contributed by atoms with Crippen molar-refractivity contribution in [3.8, 4) is 5.75 Å². The molecule has 2 aliphatic rings. The Morgan fingerprint density at radius 1 is 1.25 bits per heavy atom. The lowest BCUT2D eigenvalue weighted by atomic mass is 9.79. The number of benzene rings is 1. The van der Waals surface area contributed by atoms with Gasteiger partial charge >= 0.3 is 12.1 Å². The summed E-state index contributed by atoms with van der Waals surface area (Å²) in [7, 11) is 0. The molecule has 1 amide bonds. The standard InChI is InChI=1S/C25H36ClNO5/c1-7-30-22(28)21(16-9-12-27(13-10-16)23(29)32-24(2,3)4)18-15-20-17(14-19(18)26)8-11-25(5,6)31-20/h14-16,21H,7-13H2,1-6H3/t21-/m0/s1. The molecule has 178 valence electrons. The average molecular weight is 466 g/mol. The van der Waals surface area contributed by atoms with Crippen LogP contribution in [0.15, 0.2) is 12.1 Å². The van der Waals surface area contributed by atoms with Crippen LogP contribution in [0, 0.1) is 5.92 Å². The van der Waals surface area contributed by atoms with Gasteiger partial charge in [-0.2, -0.15) is 0 Å². The van der Waals surface area contributed by atoms with Crippen molar-refractivity contribution in [2.45, 2.75) is 84.3 Å². The number of carbonyl (C=O) groups excluding carboxylic acids is 2. The molecule has 0 N–H and O–H groups in total. The smallest absolute Gasteiger partial charge is 0.410 e. The van der Waals surface area contributed by atoms with Gasteiger partial charge in [-0.15, -0.1) is 0 Å². The van der Waals surface area contributed by atoms with Crippen LogP contribution in [0.3, 0.4) is 0 Å². The topological polar surface area (TPSA) is 65.1 Å². The molecule has 32 heavy (non-hydrogen) atoms. The molecular weight excluding hydrogens is 430 g/mol. The summed E-state index contributed by atoms with van der Waals surface area (Å²) in [6, 6.07) is 3.86. The van der Waals surface area contributed by atoms with Gasteiger partial charge in [-0.05, 0) is 96.4 Å². The number of fused-ring (bicyclic) bond motifs is 1. The van der Waals surface area contributed by atoms with Gasteiger partial charge in [0.15, 0.2) is 0 Å². The lowest BCUT2D eigenvalue weighted by Gasteiger charge is -2.37. The molecule has 0 aliphatic carbocycles. The van der Waals surface area contributed by atoms with E-state index in [4.69, 9.17) is 25.8 Å². The number of esters is 1. The summed E-state index contributed by atoms with van der Waals surface area (Å²) in [5.74, 6) is 0.0309. The number of aryl methyl sites for hydroxylation is 1. The highest BCUT2D eigenvalue weighted by molar-refractivity contribution is 6.31. The van der Waals surface area contributed by atoms with Crippen LogP contribution in [0.5, 0.6) is 5.75 Å². The van der Waals surface area contributed by atoms with Crippen molar-refractivity contribution >= 4 is 23.7 Å². The van der Waals surface area contributed by atoms with Crippen LogP contribution in [0.1, 0.15) is 77.8 Å². The molecule has 1 saturated heterocycles. The average Bonchev–Trinajstić information content (AvgIpc) is 2.68. The van der Waals surface area contributed by atoms with E-state index in [2.05, 4.69) is 13.8 Å². The minimum absolute atomic E-state index is 0.0138. The van der Waals surface area contributed by atoms with E-state index in [0.29, 0.717) is 37.6 Å². The fourth-order valence-electron chi connectivity index (χ4n) is 4.47. The summed E-state index contributed by atoms with van der Waals surface area (Å²) in [5.41, 5.74) is 1.03. The Kier molecular flexibility index (Phi) is 7.33. The molecule has 7 heteroatoms. The Balaban J connectivity index is 1.83. The van der Waals surface area contributed by atoms with Gasteiger partial charge in [0, 0.05) is 18.1 Å². The van der Waals surface area contributed by atoms with Gasteiger partial charge in [-0.3, -0.25) is 4.79 Å². The number of ether oxygens (including phenoxy) is 3. The maximum Gasteiger partial charge on any atom is 0.410 e. The summed E-state index contributed by atoms with van der Waals surface area (Å²) < 4.78 is 17.2. The van der Waals surface area contributed by atoms with E-state index in [1.54, 1.807) is 11.8 Å². The summed E-state index contributed by atoms with van der Waals surface area (Å²) in [6.07, 6.45) is 2.83. The number of nitrogens with zero attached hydrogens (tertiary/aromatic N) is 1. The fourth-order valence-corrected chi connectivity index (χ4v) is 4.77. The number of hydrogen-bond donors (Lipinski definition) is 0. The third-order valence-corrected chi connectivity index (χ3v) is 6.43. The zero-order valence-corrected chi connectivity index (χ0v) is 20.9. The molecule has 2 heterocycles. The van der Waals surface area contributed by atoms with Crippen LogP contribution < -0.4 is 4.74 Å². The number of amides is 1. The van der Waals surface area contributed by atoms with Gasteiger partial charge in [0.1, 0.15) is 17.0 Å². The van der Waals surface area contributed by atoms with Crippen LogP contribution in [0.4, 0.5) is 4.79 Å². The molecule has 0 unspecified atom stereocenters. The van der Waals surface area contributed by atoms with Gasteiger partial charge in [0.2, 0.25) is 0 Å². The number of likely N-dealkylation sites (tertiary alicyclic amines) is 1. The first kappa shape index (κ1) is 24.7. The molecule has 0 radical (unpaired) electrons. The van der Waals surface area contributed by atoms with Crippen molar-refractivity contribution in [1.82, 2.24) is 4.90 Å². The van der Waals surface area contributed by atoms with Gasteiger partial charge in [0.05, 0.1) is 12.5 Å². The Morgan fingerprint density at radius 2 is 1.91 bits per heavy atom. The number of hydrogen-bond acceptors (Lipinski definition) is 5. The zero-order valence-electron chi connectivity index (χ0n) is 20.1. The normalized spacial score (nSPS) is 19.5. The number of carbonyl (C=O) groups is 2. The third kappa shape index (κ3) is 5.89. The molecule has 0 spiro atoms. The SMILES string of the molecule is CCOC(=O)[C@H](c1cc2c(cc1Cl)CCC(C)(C)O2)C1CCN(C(=O)OC(C)(C)C)CC1. The molecule has 2 aliphatic heterocycles. The third-order valence-electron chi connectivity index (χ3n) is 6.10. The Hall–Kier alpha value is -1.95. The van der Waals surface area contributed by atoms with Crippen molar-refractivity contribution < 1.29 is 23.8 Å². The van der Waals surface area contributed by atoms with E-state index >= 15 is 0 Å². The van der Waals surface area contributed by atoms with E-state index in [1.807, 2.05) is 32.9 Å². The Morgan fingerprint density at radius 3 is 2.50 bits per heavy atom. The van der Waals surface area contributed by atoms with Crippen LogP contribution in [-0.2, 0) is 20.7 Å².